The highest BCUT2D eigenvalue weighted by atomic mass is 16.5. The Morgan fingerprint density at radius 3 is 1.23 bits per heavy atom. The molecule has 0 unspecified atom stereocenters. The maximum atomic E-state index is 6.97. The van der Waals surface area contributed by atoms with Gasteiger partial charge in [-0.05, 0) is 106 Å². The third-order valence-corrected chi connectivity index (χ3v) is 12.2. The Kier molecular flexibility index (Phi) is 7.04. The van der Waals surface area contributed by atoms with Crippen LogP contribution in [0.3, 0.4) is 0 Å². The molecule has 0 fully saturated rings. The summed E-state index contributed by atoms with van der Waals surface area (Å²) in [6.45, 7) is -0.157. The zero-order chi connectivity index (χ0) is 39.3. The van der Waals surface area contributed by atoms with E-state index in [9.17, 15) is 0 Å². The fraction of sp³-hybridized carbons (Fsp3) is 0. The van der Waals surface area contributed by atoms with Crippen LogP contribution in [-0.4, -0.2) is 6.71 Å². The maximum absolute atomic E-state index is 6.97. The van der Waals surface area contributed by atoms with Crippen molar-refractivity contribution in [2.75, 3.05) is 4.90 Å². The van der Waals surface area contributed by atoms with Crippen LogP contribution < -0.4 is 30.8 Å². The zero-order valence-corrected chi connectivity index (χ0v) is 32.1. The monoisotopic (exact) mass is 769 g/mol. The van der Waals surface area contributed by atoms with Gasteiger partial charge in [-0.3, -0.25) is 0 Å². The number of fused-ring (bicyclic) bond motifs is 10. The fourth-order valence-corrected chi connectivity index (χ4v) is 9.39. The SMILES string of the molecule is c1ccc(N(c2ccccc2)c2cc3c4c(c2)Oc2ccc(-c5ccc6oc7ccccc7c6c5)cc2B4c2cc(-c4ccc5oc6ccccc6c5c4)ccc2O3)cc1. The number of hydrogen-bond donors (Lipinski definition) is 0. The van der Waals surface area contributed by atoms with E-state index in [1.54, 1.807) is 0 Å². The molecule has 9 aromatic carbocycles. The van der Waals surface area contributed by atoms with Crippen molar-refractivity contribution in [2.45, 2.75) is 0 Å². The summed E-state index contributed by atoms with van der Waals surface area (Å²) in [5, 5.41) is 4.42. The third-order valence-electron chi connectivity index (χ3n) is 12.2. The van der Waals surface area contributed by atoms with Crippen LogP contribution in [0.15, 0.2) is 203 Å². The van der Waals surface area contributed by atoms with Crippen LogP contribution >= 0.6 is 0 Å². The van der Waals surface area contributed by atoms with Crippen LogP contribution in [0.4, 0.5) is 17.1 Å². The lowest BCUT2D eigenvalue weighted by atomic mass is 9.34. The minimum absolute atomic E-state index is 0.157. The van der Waals surface area contributed by atoms with Crippen molar-refractivity contribution in [1.82, 2.24) is 0 Å². The first-order valence-corrected chi connectivity index (χ1v) is 20.3. The van der Waals surface area contributed by atoms with E-state index in [-0.39, 0.29) is 6.71 Å². The highest BCUT2D eigenvalue weighted by molar-refractivity contribution is 6.98. The predicted octanol–water partition coefficient (Wildman–Crippen LogP) is 13.0. The van der Waals surface area contributed by atoms with E-state index in [1.165, 1.54) is 0 Å². The van der Waals surface area contributed by atoms with Crippen molar-refractivity contribution < 1.29 is 18.3 Å². The van der Waals surface area contributed by atoms with Crippen LogP contribution in [0.25, 0.3) is 66.1 Å². The van der Waals surface area contributed by atoms with E-state index >= 15 is 0 Å². The van der Waals surface area contributed by atoms with Crippen molar-refractivity contribution >= 4 is 84.0 Å². The number of para-hydroxylation sites is 4. The first kappa shape index (κ1) is 33.1. The second-order valence-electron chi connectivity index (χ2n) is 15.6. The van der Waals surface area contributed by atoms with Gasteiger partial charge < -0.3 is 23.2 Å². The quantitative estimate of drug-likeness (QED) is 0.163. The summed E-state index contributed by atoms with van der Waals surface area (Å²) in [6, 6.07) is 67.8. The van der Waals surface area contributed by atoms with Gasteiger partial charge in [0, 0.05) is 50.5 Å². The summed E-state index contributed by atoms with van der Waals surface area (Å²) >= 11 is 0. The normalized spacial score (nSPS) is 12.6. The molecule has 0 saturated heterocycles. The van der Waals surface area contributed by atoms with E-state index in [2.05, 4.69) is 163 Å². The number of nitrogens with zero attached hydrogens (tertiary/aromatic N) is 1. The molecule has 0 radical (unpaired) electrons. The Bertz CT molecular complexity index is 3290. The van der Waals surface area contributed by atoms with Crippen LogP contribution in [0.5, 0.6) is 23.0 Å². The van der Waals surface area contributed by atoms with Crippen molar-refractivity contribution in [3.63, 3.8) is 0 Å². The predicted molar refractivity (Wildman–Crippen MR) is 244 cm³/mol. The molecule has 11 aromatic rings. The lowest BCUT2D eigenvalue weighted by Crippen LogP contribution is -2.57. The molecule has 4 heterocycles. The highest BCUT2D eigenvalue weighted by Crippen LogP contribution is 2.44. The van der Waals surface area contributed by atoms with E-state index in [4.69, 9.17) is 18.3 Å². The van der Waals surface area contributed by atoms with Crippen molar-refractivity contribution in [1.29, 1.82) is 0 Å². The molecular formula is C54H32BNO4. The Balaban J connectivity index is 1.000. The third kappa shape index (κ3) is 5.07. The van der Waals surface area contributed by atoms with Gasteiger partial charge in [0.05, 0.1) is 5.69 Å². The van der Waals surface area contributed by atoms with E-state index < -0.39 is 0 Å². The molecular weight excluding hydrogens is 737 g/mol. The van der Waals surface area contributed by atoms with Crippen LogP contribution in [0.1, 0.15) is 0 Å². The summed E-state index contributed by atoms with van der Waals surface area (Å²) in [5.74, 6) is 3.20. The Labute approximate surface area is 345 Å². The second kappa shape index (κ2) is 12.8. The molecule has 0 atom stereocenters. The molecule has 0 aliphatic carbocycles. The zero-order valence-electron chi connectivity index (χ0n) is 32.1. The van der Waals surface area contributed by atoms with Crippen LogP contribution in [0, 0.1) is 0 Å². The maximum Gasteiger partial charge on any atom is 0.260 e. The second-order valence-corrected chi connectivity index (χ2v) is 15.6. The van der Waals surface area contributed by atoms with Gasteiger partial charge in [0.1, 0.15) is 45.3 Å². The number of anilines is 3. The molecule has 0 N–H and O–H groups in total. The summed E-state index contributed by atoms with van der Waals surface area (Å²) in [4.78, 5) is 2.25. The molecule has 0 spiro atoms. The first-order chi connectivity index (χ1) is 29.7. The van der Waals surface area contributed by atoms with Gasteiger partial charge in [-0.25, -0.2) is 0 Å². The number of rotatable bonds is 5. The molecule has 6 heteroatoms. The molecule has 60 heavy (non-hydrogen) atoms. The van der Waals surface area contributed by atoms with E-state index in [0.717, 1.165) is 123 Å². The minimum Gasteiger partial charge on any atom is -0.458 e. The average Bonchev–Trinajstić information content (AvgIpc) is 3.87. The molecule has 0 bridgehead atoms. The molecule has 2 aromatic heterocycles. The lowest BCUT2D eigenvalue weighted by Gasteiger charge is -2.35. The van der Waals surface area contributed by atoms with Crippen molar-refractivity contribution in [2.24, 2.45) is 0 Å². The average molecular weight is 770 g/mol. The molecule has 13 rings (SSSR count). The number of hydrogen-bond acceptors (Lipinski definition) is 5. The number of ether oxygens (including phenoxy) is 2. The number of benzene rings is 9. The molecule has 280 valence electrons. The molecule has 5 nitrogen and oxygen atoms in total. The highest BCUT2D eigenvalue weighted by Gasteiger charge is 2.41. The molecule has 2 aliphatic rings. The topological polar surface area (TPSA) is 48.0 Å². The largest absolute Gasteiger partial charge is 0.458 e. The minimum atomic E-state index is -0.157. The summed E-state index contributed by atoms with van der Waals surface area (Å²) in [7, 11) is 0. The van der Waals surface area contributed by atoms with Crippen molar-refractivity contribution in [3.05, 3.63) is 194 Å². The fourth-order valence-electron chi connectivity index (χ4n) is 9.39. The molecule has 0 saturated carbocycles. The van der Waals surface area contributed by atoms with Crippen LogP contribution in [-0.2, 0) is 0 Å². The first-order valence-electron chi connectivity index (χ1n) is 20.3. The van der Waals surface area contributed by atoms with Gasteiger partial charge in [-0.1, -0.05) is 109 Å². The lowest BCUT2D eigenvalue weighted by molar-refractivity contribution is 0.465. The van der Waals surface area contributed by atoms with Gasteiger partial charge in [-0.15, -0.1) is 0 Å². The van der Waals surface area contributed by atoms with Gasteiger partial charge in [0.25, 0.3) is 6.71 Å². The van der Waals surface area contributed by atoms with Gasteiger partial charge in [-0.2, -0.15) is 0 Å². The summed E-state index contributed by atoms with van der Waals surface area (Å²) in [6.07, 6.45) is 0. The van der Waals surface area contributed by atoms with E-state index in [1.807, 2.05) is 36.4 Å². The van der Waals surface area contributed by atoms with E-state index in [0.29, 0.717) is 0 Å². The molecule has 0 amide bonds. The van der Waals surface area contributed by atoms with Gasteiger partial charge in [0.15, 0.2) is 0 Å². The summed E-state index contributed by atoms with van der Waals surface area (Å²) < 4.78 is 26.3. The van der Waals surface area contributed by atoms with Gasteiger partial charge in [0.2, 0.25) is 0 Å². The Morgan fingerprint density at radius 1 is 0.317 bits per heavy atom. The summed E-state index contributed by atoms with van der Waals surface area (Å²) in [5.41, 5.74) is 14.2. The standard InChI is InChI=1S/C54H32BNO4/c1-3-11-37(12-4-1)56(38-13-5-2-6-14-38)39-31-52-54-53(32-39)60-51-26-22-36(34-20-24-49-43(28-34)41-16-8-10-18-47(41)58-49)30-45(51)55(54)44-29-35(21-25-50(44)59-52)33-19-23-48-42(27-33)40-15-7-9-17-46(40)57-48/h1-32H. The van der Waals surface area contributed by atoms with Gasteiger partial charge >= 0.3 is 0 Å². The van der Waals surface area contributed by atoms with Crippen LogP contribution in [0.2, 0.25) is 0 Å². The Morgan fingerprint density at radius 2 is 0.733 bits per heavy atom. The van der Waals surface area contributed by atoms with Crippen molar-refractivity contribution in [3.8, 4) is 45.3 Å². The number of furan rings is 2. The molecule has 2 aliphatic heterocycles. The Hall–Kier alpha value is -7.96. The smallest absolute Gasteiger partial charge is 0.260 e.